The van der Waals surface area contributed by atoms with E-state index in [1.165, 1.54) is 22.3 Å². The fourth-order valence-electron chi connectivity index (χ4n) is 9.45. The summed E-state index contributed by atoms with van der Waals surface area (Å²) in [6.07, 6.45) is 0. The van der Waals surface area contributed by atoms with Gasteiger partial charge in [0.2, 0.25) is 5.69 Å². The zero-order chi connectivity index (χ0) is 39.1. The molecule has 3 heterocycles. The lowest BCUT2D eigenvalue weighted by molar-refractivity contribution is 0.436. The molecule has 0 N–H and O–H groups in total. The van der Waals surface area contributed by atoms with Crippen LogP contribution in [0.2, 0.25) is 0 Å². The lowest BCUT2D eigenvalue weighted by atomic mass is 9.66. The summed E-state index contributed by atoms with van der Waals surface area (Å²) >= 11 is 0. The van der Waals surface area contributed by atoms with Gasteiger partial charge in [0.25, 0.3) is 0 Å². The minimum absolute atomic E-state index is 0.494. The highest BCUT2D eigenvalue weighted by atomic mass is 16.5. The van der Waals surface area contributed by atoms with Crippen LogP contribution in [0.4, 0.5) is 5.69 Å². The van der Waals surface area contributed by atoms with E-state index in [-0.39, 0.29) is 0 Å². The van der Waals surface area contributed by atoms with Gasteiger partial charge in [-0.25, -0.2) is 19.8 Å². The molecule has 8 aromatic carbocycles. The zero-order valence-corrected chi connectivity index (χ0v) is 31.5. The summed E-state index contributed by atoms with van der Waals surface area (Å²) in [6.45, 7) is 8.59. The Labute approximate surface area is 340 Å². The molecular weight excluding hydrogens is 723 g/mol. The van der Waals surface area contributed by atoms with Crippen molar-refractivity contribution in [3.8, 4) is 62.5 Å². The monoisotopic (exact) mass is 753 g/mol. The average Bonchev–Trinajstić information content (AvgIpc) is 3.78. The molecule has 0 saturated heterocycles. The second-order valence-corrected chi connectivity index (χ2v) is 15.0. The highest BCUT2D eigenvalue weighted by Gasteiger charge is 2.51. The summed E-state index contributed by atoms with van der Waals surface area (Å²) in [5.74, 6) is 3.36. The van der Waals surface area contributed by atoms with E-state index < -0.39 is 5.41 Å². The first-order valence-corrected chi connectivity index (χ1v) is 19.6. The number of rotatable bonds is 4. The van der Waals surface area contributed by atoms with Crippen LogP contribution in [0.15, 0.2) is 188 Å². The number of hydrogen-bond donors (Lipinski definition) is 0. The first-order valence-electron chi connectivity index (χ1n) is 19.6. The molecule has 0 saturated carbocycles. The van der Waals surface area contributed by atoms with Crippen molar-refractivity contribution < 1.29 is 4.74 Å². The molecule has 0 unspecified atom stereocenters. The highest BCUT2D eigenvalue weighted by Crippen LogP contribution is 2.62. The van der Waals surface area contributed by atoms with Crippen molar-refractivity contribution in [2.75, 3.05) is 0 Å². The molecule has 6 heteroatoms. The van der Waals surface area contributed by atoms with Crippen LogP contribution in [0.5, 0.6) is 11.5 Å². The number of fused-ring (bicyclic) bond motifs is 12. The maximum Gasteiger partial charge on any atom is 0.211 e. The molecule has 12 rings (SSSR count). The molecular formula is C53H31N5O. The largest absolute Gasteiger partial charge is 0.457 e. The molecule has 10 aromatic rings. The minimum Gasteiger partial charge on any atom is -0.457 e. The Kier molecular flexibility index (Phi) is 7.11. The van der Waals surface area contributed by atoms with Crippen LogP contribution in [0.3, 0.4) is 0 Å². The molecule has 0 atom stereocenters. The quantitative estimate of drug-likeness (QED) is 0.168. The van der Waals surface area contributed by atoms with E-state index in [4.69, 9.17) is 26.3 Å². The summed E-state index contributed by atoms with van der Waals surface area (Å²) in [4.78, 5) is 19.0. The van der Waals surface area contributed by atoms with Gasteiger partial charge in [-0.1, -0.05) is 146 Å². The van der Waals surface area contributed by atoms with Crippen molar-refractivity contribution in [2.45, 2.75) is 5.41 Å². The van der Waals surface area contributed by atoms with Crippen LogP contribution < -0.4 is 4.74 Å². The van der Waals surface area contributed by atoms with Gasteiger partial charge < -0.3 is 9.30 Å². The van der Waals surface area contributed by atoms with E-state index >= 15 is 0 Å². The maximum atomic E-state index is 8.59. The van der Waals surface area contributed by atoms with Crippen LogP contribution in [0.1, 0.15) is 22.3 Å². The summed E-state index contributed by atoms with van der Waals surface area (Å²) in [7, 11) is 0. The number of hydrogen-bond acceptors (Lipinski definition) is 4. The average molecular weight is 754 g/mol. The minimum atomic E-state index is -0.620. The first kappa shape index (κ1) is 33.0. The van der Waals surface area contributed by atoms with Gasteiger partial charge in [-0.05, 0) is 64.7 Å². The lowest BCUT2D eigenvalue weighted by Gasteiger charge is -2.39. The third-order valence-corrected chi connectivity index (χ3v) is 11.9. The van der Waals surface area contributed by atoms with E-state index in [0.29, 0.717) is 23.2 Å². The van der Waals surface area contributed by atoms with Crippen molar-refractivity contribution in [3.05, 3.63) is 222 Å². The summed E-state index contributed by atoms with van der Waals surface area (Å²) in [5, 5.41) is 2.24. The topological polar surface area (TPSA) is 57.2 Å². The summed E-state index contributed by atoms with van der Waals surface area (Å²) in [5.41, 5.74) is 12.3. The molecule has 2 aromatic heterocycles. The van der Waals surface area contributed by atoms with Crippen molar-refractivity contribution in [1.82, 2.24) is 19.5 Å². The van der Waals surface area contributed by atoms with Crippen LogP contribution in [0, 0.1) is 6.57 Å². The van der Waals surface area contributed by atoms with E-state index in [0.717, 1.165) is 66.8 Å². The molecule has 1 aliphatic carbocycles. The number of aromatic nitrogens is 4. The predicted octanol–water partition coefficient (Wildman–Crippen LogP) is 13.0. The third kappa shape index (κ3) is 4.76. The zero-order valence-electron chi connectivity index (χ0n) is 31.5. The van der Waals surface area contributed by atoms with Gasteiger partial charge in [-0.15, -0.1) is 0 Å². The fourth-order valence-corrected chi connectivity index (χ4v) is 9.45. The molecule has 274 valence electrons. The Morgan fingerprint density at radius 3 is 1.66 bits per heavy atom. The van der Waals surface area contributed by atoms with E-state index in [9.17, 15) is 0 Å². The summed E-state index contributed by atoms with van der Waals surface area (Å²) < 4.78 is 8.87. The standard InChI is InChI=1S/C53H31N5O/c1-54-44-30-35(52-56-50(33-16-4-2-5-17-33)55-51(57-52)34-18-6-3-7-19-34)28-29-46(44)58-45-25-13-9-21-37(45)39-31-38-36-20-8-10-22-40(36)53(43(38)32-47(39)58)41-23-11-14-26-48(41)59-49-27-15-12-24-42(49)53/h2-32H. The van der Waals surface area contributed by atoms with Crippen LogP contribution in [-0.2, 0) is 5.41 Å². The second kappa shape index (κ2) is 12.7. The molecule has 1 spiro atoms. The van der Waals surface area contributed by atoms with Gasteiger partial charge >= 0.3 is 0 Å². The number of ether oxygens (including phenoxy) is 1. The molecule has 0 bridgehead atoms. The molecule has 59 heavy (non-hydrogen) atoms. The first-order chi connectivity index (χ1) is 29.2. The molecule has 0 radical (unpaired) electrons. The summed E-state index contributed by atoms with van der Waals surface area (Å²) in [6, 6.07) is 64.8. The van der Waals surface area contributed by atoms with Gasteiger partial charge in [-0.2, -0.15) is 0 Å². The maximum absolute atomic E-state index is 8.59. The Morgan fingerprint density at radius 1 is 0.441 bits per heavy atom. The molecule has 1 aliphatic heterocycles. The molecule has 6 nitrogen and oxygen atoms in total. The van der Waals surface area contributed by atoms with Crippen molar-refractivity contribution in [2.24, 2.45) is 0 Å². The van der Waals surface area contributed by atoms with Gasteiger partial charge in [0.1, 0.15) is 11.5 Å². The third-order valence-electron chi connectivity index (χ3n) is 11.9. The van der Waals surface area contributed by atoms with E-state index in [1.807, 2.05) is 91.0 Å². The van der Waals surface area contributed by atoms with Crippen molar-refractivity contribution in [3.63, 3.8) is 0 Å². The van der Waals surface area contributed by atoms with Crippen LogP contribution >= 0.6 is 0 Å². The Hall–Kier alpha value is -8.14. The normalized spacial score (nSPS) is 13.0. The Morgan fingerprint density at radius 2 is 1.00 bits per heavy atom. The highest BCUT2D eigenvalue weighted by molar-refractivity contribution is 6.12. The predicted molar refractivity (Wildman–Crippen MR) is 234 cm³/mol. The lowest BCUT2D eigenvalue weighted by Crippen LogP contribution is -2.32. The Bertz CT molecular complexity index is 3280. The van der Waals surface area contributed by atoms with Crippen LogP contribution in [-0.4, -0.2) is 19.5 Å². The SMILES string of the molecule is [C-]#[N+]c1cc(-c2nc(-c3ccccc3)nc(-c3ccccc3)n2)ccc1-n1c2ccccc2c2cc3c(cc21)C1(c2ccccc2Oc2ccccc21)c1ccccc1-3. The van der Waals surface area contributed by atoms with E-state index in [2.05, 4.69) is 106 Å². The van der Waals surface area contributed by atoms with E-state index in [1.54, 1.807) is 0 Å². The Balaban J connectivity index is 1.11. The molecule has 2 aliphatic rings. The molecule has 0 fully saturated rings. The van der Waals surface area contributed by atoms with Crippen LogP contribution in [0.25, 0.3) is 77.6 Å². The second-order valence-electron chi connectivity index (χ2n) is 15.0. The number of nitrogens with zero attached hydrogens (tertiary/aromatic N) is 5. The molecule has 0 amide bonds. The van der Waals surface area contributed by atoms with Crippen molar-refractivity contribution in [1.29, 1.82) is 0 Å². The van der Waals surface area contributed by atoms with Crippen molar-refractivity contribution >= 4 is 27.5 Å². The fraction of sp³-hybridized carbons (Fsp3) is 0.0189. The number of benzene rings is 8. The smallest absolute Gasteiger partial charge is 0.211 e. The van der Waals surface area contributed by atoms with Gasteiger partial charge in [-0.3, -0.25) is 0 Å². The van der Waals surface area contributed by atoms with Gasteiger partial charge in [0, 0.05) is 38.6 Å². The van der Waals surface area contributed by atoms with Gasteiger partial charge in [0.15, 0.2) is 17.5 Å². The van der Waals surface area contributed by atoms with Gasteiger partial charge in [0.05, 0.1) is 28.7 Å². The number of para-hydroxylation sites is 3.